The summed E-state index contributed by atoms with van der Waals surface area (Å²) in [6.45, 7) is 0. The number of carbonyl (C=O) groups is 1. The largest absolute Gasteiger partial charge is 0.508 e. The van der Waals surface area contributed by atoms with E-state index in [0.29, 0.717) is 11.1 Å². The topological polar surface area (TPSA) is 86.7 Å². The Kier molecular flexibility index (Phi) is 6.18. The van der Waals surface area contributed by atoms with Crippen molar-refractivity contribution in [2.75, 3.05) is 14.1 Å². The number of benzene rings is 4. The number of fused-ring (bicyclic) bond motifs is 1. The van der Waals surface area contributed by atoms with Crippen LogP contribution >= 0.6 is 0 Å². The molecule has 0 heterocycles. The number of rotatable bonds is 6. The number of nitrogens with zero attached hydrogens (tertiary/aromatic N) is 1. The van der Waals surface area contributed by atoms with Gasteiger partial charge in [0.15, 0.2) is 0 Å². The van der Waals surface area contributed by atoms with Crippen LogP contribution in [-0.2, 0) is 10.0 Å². The Morgan fingerprint density at radius 2 is 1.48 bits per heavy atom. The van der Waals surface area contributed by atoms with Crippen LogP contribution in [0.2, 0.25) is 0 Å². The van der Waals surface area contributed by atoms with Gasteiger partial charge in [-0.25, -0.2) is 12.7 Å². The molecule has 0 bridgehead atoms. The minimum Gasteiger partial charge on any atom is -0.508 e. The highest BCUT2D eigenvalue weighted by atomic mass is 32.2. The molecule has 0 radical (unpaired) electrons. The van der Waals surface area contributed by atoms with Gasteiger partial charge in [-0.1, -0.05) is 60.7 Å². The van der Waals surface area contributed by atoms with Crippen molar-refractivity contribution < 1.29 is 18.3 Å². The van der Waals surface area contributed by atoms with Crippen LogP contribution in [0.5, 0.6) is 5.75 Å². The van der Waals surface area contributed by atoms with Gasteiger partial charge in [-0.05, 0) is 46.7 Å². The van der Waals surface area contributed by atoms with Gasteiger partial charge in [0.05, 0.1) is 10.9 Å². The molecular weight excluding hydrogens is 436 g/mol. The smallest absolute Gasteiger partial charge is 0.252 e. The van der Waals surface area contributed by atoms with Crippen LogP contribution < -0.4 is 5.32 Å². The fourth-order valence-corrected chi connectivity index (χ4v) is 4.66. The first kappa shape index (κ1) is 22.5. The van der Waals surface area contributed by atoms with E-state index in [2.05, 4.69) is 5.32 Å². The van der Waals surface area contributed by atoms with E-state index in [4.69, 9.17) is 0 Å². The van der Waals surface area contributed by atoms with Crippen LogP contribution in [0.4, 0.5) is 0 Å². The molecular formula is C26H24N2O4S. The Bertz CT molecular complexity index is 1400. The molecule has 0 saturated heterocycles. The first-order valence-electron chi connectivity index (χ1n) is 10.4. The van der Waals surface area contributed by atoms with Crippen LogP contribution in [0.15, 0.2) is 95.9 Å². The van der Waals surface area contributed by atoms with Crippen LogP contribution in [0.1, 0.15) is 27.5 Å². The number of carbonyl (C=O) groups excluding carboxylic acids is 1. The predicted molar refractivity (Wildman–Crippen MR) is 129 cm³/mol. The van der Waals surface area contributed by atoms with E-state index in [9.17, 15) is 18.3 Å². The number of hydrogen-bond acceptors (Lipinski definition) is 4. The summed E-state index contributed by atoms with van der Waals surface area (Å²) in [5.41, 5.74) is 1.72. The highest BCUT2D eigenvalue weighted by Gasteiger charge is 2.24. The summed E-state index contributed by atoms with van der Waals surface area (Å²) in [6, 6.07) is 25.7. The Hall–Kier alpha value is -3.68. The molecule has 0 aliphatic carbocycles. The fraction of sp³-hybridized carbons (Fsp3) is 0.115. The molecule has 1 unspecified atom stereocenters. The summed E-state index contributed by atoms with van der Waals surface area (Å²) in [7, 11) is -0.679. The molecule has 0 saturated carbocycles. The minimum atomic E-state index is -3.59. The second kappa shape index (κ2) is 9.05. The van der Waals surface area contributed by atoms with Gasteiger partial charge in [-0.15, -0.1) is 0 Å². The van der Waals surface area contributed by atoms with Crippen LogP contribution in [0.3, 0.4) is 0 Å². The molecule has 0 aliphatic heterocycles. The van der Waals surface area contributed by atoms with Crippen LogP contribution in [0, 0.1) is 0 Å². The molecule has 4 aromatic carbocycles. The lowest BCUT2D eigenvalue weighted by molar-refractivity contribution is 0.0943. The lowest BCUT2D eigenvalue weighted by Crippen LogP contribution is -2.29. The number of phenols is 1. The maximum absolute atomic E-state index is 13.2. The Morgan fingerprint density at radius 1 is 0.848 bits per heavy atom. The Morgan fingerprint density at radius 3 is 2.15 bits per heavy atom. The first-order chi connectivity index (χ1) is 15.8. The Labute approximate surface area is 193 Å². The number of sulfonamides is 1. The quantitative estimate of drug-likeness (QED) is 0.449. The third kappa shape index (κ3) is 4.46. The molecule has 2 N–H and O–H groups in total. The van der Waals surface area contributed by atoms with Gasteiger partial charge < -0.3 is 10.4 Å². The predicted octanol–water partition coefficient (Wildman–Crippen LogP) is 4.32. The van der Waals surface area contributed by atoms with E-state index < -0.39 is 16.1 Å². The van der Waals surface area contributed by atoms with Crippen LogP contribution in [-0.4, -0.2) is 37.8 Å². The molecule has 0 fully saturated rings. The van der Waals surface area contributed by atoms with Crippen molar-refractivity contribution in [3.8, 4) is 5.75 Å². The van der Waals surface area contributed by atoms with Gasteiger partial charge in [-0.3, -0.25) is 4.79 Å². The van der Waals surface area contributed by atoms with E-state index in [0.717, 1.165) is 20.6 Å². The van der Waals surface area contributed by atoms with Gasteiger partial charge in [0.2, 0.25) is 10.0 Å². The number of nitrogens with one attached hydrogen (secondary N) is 1. The van der Waals surface area contributed by atoms with Gasteiger partial charge in [0.1, 0.15) is 5.75 Å². The average molecular weight is 461 g/mol. The first-order valence-corrected chi connectivity index (χ1v) is 11.8. The third-order valence-corrected chi connectivity index (χ3v) is 7.37. The zero-order valence-corrected chi connectivity index (χ0v) is 19.1. The molecule has 168 valence electrons. The van der Waals surface area contributed by atoms with Crippen molar-refractivity contribution in [1.29, 1.82) is 0 Å². The molecule has 6 nitrogen and oxygen atoms in total. The maximum Gasteiger partial charge on any atom is 0.252 e. The summed E-state index contributed by atoms with van der Waals surface area (Å²) in [5.74, 6) is -0.305. The zero-order valence-electron chi connectivity index (χ0n) is 18.3. The molecule has 1 amide bonds. The highest BCUT2D eigenvalue weighted by Crippen LogP contribution is 2.36. The van der Waals surface area contributed by atoms with Crippen molar-refractivity contribution in [1.82, 2.24) is 9.62 Å². The van der Waals surface area contributed by atoms with Gasteiger partial charge in [-0.2, -0.15) is 0 Å². The van der Waals surface area contributed by atoms with Crippen LogP contribution in [0.25, 0.3) is 10.8 Å². The standard InChI is InChI=1S/C26H24N2O4S/c1-28(2)33(31,32)21-15-12-20(13-16-21)26(30)27-25(19-9-4-3-5-10-19)24-22-11-7-6-8-18(22)14-17-23(24)29/h3-17,25,29H,1-2H3,(H,27,30). The normalized spacial score (nSPS) is 12.6. The SMILES string of the molecule is CN(C)S(=O)(=O)c1ccc(C(=O)NC(c2ccccc2)c2c(O)ccc3ccccc23)cc1. The average Bonchev–Trinajstić information content (AvgIpc) is 2.83. The second-order valence-corrected chi connectivity index (χ2v) is 10.0. The molecule has 4 rings (SSSR count). The molecule has 0 aromatic heterocycles. The molecule has 0 aliphatic rings. The molecule has 33 heavy (non-hydrogen) atoms. The third-order valence-electron chi connectivity index (χ3n) is 5.54. The van der Waals surface area contributed by atoms with Crippen molar-refractivity contribution in [3.05, 3.63) is 108 Å². The van der Waals surface area contributed by atoms with E-state index in [-0.39, 0.29) is 16.6 Å². The summed E-state index contributed by atoms with van der Waals surface area (Å²) < 4.78 is 25.8. The summed E-state index contributed by atoms with van der Waals surface area (Å²) >= 11 is 0. The molecule has 4 aromatic rings. The number of amides is 1. The molecule has 7 heteroatoms. The number of phenolic OH excluding ortho intramolecular Hbond substituents is 1. The fourth-order valence-electron chi connectivity index (χ4n) is 3.76. The highest BCUT2D eigenvalue weighted by molar-refractivity contribution is 7.89. The van der Waals surface area contributed by atoms with Crippen molar-refractivity contribution >= 4 is 26.7 Å². The van der Waals surface area contributed by atoms with Crippen molar-refractivity contribution in [2.45, 2.75) is 10.9 Å². The lowest BCUT2D eigenvalue weighted by Gasteiger charge is -2.23. The maximum atomic E-state index is 13.2. The zero-order chi connectivity index (χ0) is 23.6. The molecule has 1 atom stereocenters. The monoisotopic (exact) mass is 460 g/mol. The summed E-state index contributed by atoms with van der Waals surface area (Å²) in [4.78, 5) is 13.3. The van der Waals surface area contributed by atoms with Crippen molar-refractivity contribution in [3.63, 3.8) is 0 Å². The Balaban J connectivity index is 1.74. The summed E-state index contributed by atoms with van der Waals surface area (Å²) in [5, 5.41) is 15.6. The molecule has 0 spiro atoms. The van der Waals surface area contributed by atoms with Gasteiger partial charge >= 0.3 is 0 Å². The van der Waals surface area contributed by atoms with E-state index >= 15 is 0 Å². The van der Waals surface area contributed by atoms with E-state index in [1.165, 1.54) is 38.4 Å². The van der Waals surface area contributed by atoms with E-state index in [1.807, 2.05) is 60.7 Å². The number of aromatic hydroxyl groups is 1. The summed E-state index contributed by atoms with van der Waals surface area (Å²) in [6.07, 6.45) is 0. The lowest BCUT2D eigenvalue weighted by atomic mass is 9.92. The van der Waals surface area contributed by atoms with Gasteiger partial charge in [0, 0.05) is 25.2 Å². The van der Waals surface area contributed by atoms with Gasteiger partial charge in [0.25, 0.3) is 5.91 Å². The van der Waals surface area contributed by atoms with Crippen molar-refractivity contribution in [2.24, 2.45) is 0 Å². The van der Waals surface area contributed by atoms with E-state index in [1.54, 1.807) is 6.07 Å². The minimum absolute atomic E-state index is 0.0790. The number of hydrogen-bond donors (Lipinski definition) is 2. The second-order valence-electron chi connectivity index (χ2n) is 7.85.